The predicted molar refractivity (Wildman–Crippen MR) is 126 cm³/mol. The summed E-state index contributed by atoms with van der Waals surface area (Å²) < 4.78 is 7.35. The van der Waals surface area contributed by atoms with Gasteiger partial charge in [-0.3, -0.25) is 15.1 Å². The van der Waals surface area contributed by atoms with Crippen LogP contribution in [0.25, 0.3) is 11.0 Å². The average Bonchev–Trinajstić information content (AvgIpc) is 3.24. The molecule has 1 aromatic carbocycles. The number of likely N-dealkylation sites (tertiary alicyclic amines) is 1. The maximum atomic E-state index is 13.0. The molecule has 1 saturated carbocycles. The van der Waals surface area contributed by atoms with Crippen LogP contribution in [0.3, 0.4) is 0 Å². The summed E-state index contributed by atoms with van der Waals surface area (Å²) in [6.07, 6.45) is 7.21. The fourth-order valence-corrected chi connectivity index (χ4v) is 5.26. The second-order valence-electron chi connectivity index (χ2n) is 9.63. The third-order valence-corrected chi connectivity index (χ3v) is 7.51. The van der Waals surface area contributed by atoms with Gasteiger partial charge in [-0.1, -0.05) is 12.1 Å². The number of aliphatic hydroxyl groups excluding tert-OH is 1. The van der Waals surface area contributed by atoms with Crippen molar-refractivity contribution >= 4 is 16.9 Å². The minimum atomic E-state index is -0.842. The number of tetrazole rings is 1. The third-order valence-electron chi connectivity index (χ3n) is 7.51. The Hall–Kier alpha value is -3.63. The lowest BCUT2D eigenvalue weighted by Crippen LogP contribution is -2.40. The van der Waals surface area contributed by atoms with Crippen molar-refractivity contribution in [3.63, 3.8) is 0 Å². The van der Waals surface area contributed by atoms with Crippen LogP contribution in [0.5, 0.6) is 0 Å². The number of amides is 1. The van der Waals surface area contributed by atoms with Gasteiger partial charge in [0.15, 0.2) is 11.8 Å². The van der Waals surface area contributed by atoms with Crippen LogP contribution in [0.2, 0.25) is 0 Å². The molecule has 35 heavy (non-hydrogen) atoms. The lowest BCUT2D eigenvalue weighted by molar-refractivity contribution is 0.0663. The third kappa shape index (κ3) is 4.42. The molecule has 2 aliphatic rings. The number of carbonyl (C=O) groups is 1. The van der Waals surface area contributed by atoms with E-state index in [-0.39, 0.29) is 11.3 Å². The van der Waals surface area contributed by atoms with Crippen LogP contribution < -0.4 is 5.32 Å². The molecule has 1 spiro atoms. The molecule has 2 unspecified atom stereocenters. The number of hydrogen-bond donors (Lipinski definition) is 2. The van der Waals surface area contributed by atoms with Gasteiger partial charge in [0.05, 0.1) is 12.7 Å². The minimum Gasteiger partial charge on any atom is -0.455 e. The summed E-state index contributed by atoms with van der Waals surface area (Å²) in [5, 5.41) is 25.8. The van der Waals surface area contributed by atoms with Crippen LogP contribution in [0.1, 0.15) is 47.2 Å². The Morgan fingerprint density at radius 2 is 2.06 bits per heavy atom. The number of rotatable bonds is 7. The second-order valence-corrected chi connectivity index (χ2v) is 9.63. The first-order valence-corrected chi connectivity index (χ1v) is 11.9. The highest BCUT2D eigenvalue weighted by Gasteiger charge is 2.54. The van der Waals surface area contributed by atoms with Crippen molar-refractivity contribution in [1.29, 1.82) is 0 Å². The van der Waals surface area contributed by atoms with Crippen molar-refractivity contribution in [3.8, 4) is 0 Å². The van der Waals surface area contributed by atoms with Gasteiger partial charge in [0.25, 0.3) is 5.91 Å². The van der Waals surface area contributed by atoms with Crippen LogP contribution in [0.15, 0.2) is 59.5 Å². The SMILES string of the molecule is O=C(c1ccc(Cn2cnnn2)cc1)N1CCC2(CC1)CC2CNC(O)c1cc2ccncc2o1. The van der Waals surface area contributed by atoms with Crippen molar-refractivity contribution in [2.24, 2.45) is 11.3 Å². The van der Waals surface area contributed by atoms with Gasteiger partial charge < -0.3 is 14.4 Å². The monoisotopic (exact) mass is 473 g/mol. The second kappa shape index (κ2) is 8.86. The summed E-state index contributed by atoms with van der Waals surface area (Å²) >= 11 is 0. The molecule has 2 atom stereocenters. The number of carbonyl (C=O) groups excluding carboxylic acids is 1. The highest BCUT2D eigenvalue weighted by atomic mass is 16.4. The van der Waals surface area contributed by atoms with E-state index in [4.69, 9.17) is 4.42 Å². The molecule has 4 heterocycles. The van der Waals surface area contributed by atoms with E-state index in [0.717, 1.165) is 49.8 Å². The Kier molecular flexibility index (Phi) is 5.54. The lowest BCUT2D eigenvalue weighted by Gasteiger charge is -2.33. The molecule has 3 aromatic heterocycles. The van der Waals surface area contributed by atoms with E-state index in [1.165, 1.54) is 0 Å². The largest absolute Gasteiger partial charge is 0.455 e. The van der Waals surface area contributed by atoms with Crippen LogP contribution in [-0.4, -0.2) is 60.7 Å². The van der Waals surface area contributed by atoms with Crippen molar-refractivity contribution < 1.29 is 14.3 Å². The van der Waals surface area contributed by atoms with Crippen molar-refractivity contribution in [1.82, 2.24) is 35.4 Å². The Balaban J connectivity index is 0.988. The first kappa shape index (κ1) is 21.9. The summed E-state index contributed by atoms with van der Waals surface area (Å²) in [5.41, 5.74) is 2.70. The Morgan fingerprint density at radius 3 is 2.80 bits per heavy atom. The van der Waals surface area contributed by atoms with Crippen LogP contribution in [0, 0.1) is 11.3 Å². The van der Waals surface area contributed by atoms with Gasteiger partial charge in [-0.05, 0) is 70.9 Å². The fraction of sp³-hybridized carbons (Fsp3) is 0.400. The summed E-state index contributed by atoms with van der Waals surface area (Å²) in [6.45, 7) is 2.83. The number of nitrogens with zero attached hydrogens (tertiary/aromatic N) is 6. The van der Waals surface area contributed by atoms with E-state index >= 15 is 0 Å². The minimum absolute atomic E-state index is 0.0824. The maximum Gasteiger partial charge on any atom is 0.253 e. The number of benzene rings is 1. The number of aromatic nitrogens is 5. The Labute approximate surface area is 201 Å². The van der Waals surface area contributed by atoms with Crippen LogP contribution in [-0.2, 0) is 6.54 Å². The maximum absolute atomic E-state index is 13.0. The van der Waals surface area contributed by atoms with E-state index < -0.39 is 6.23 Å². The van der Waals surface area contributed by atoms with Crippen molar-refractivity contribution in [2.45, 2.75) is 32.0 Å². The number of pyridine rings is 1. The zero-order valence-corrected chi connectivity index (χ0v) is 19.2. The van der Waals surface area contributed by atoms with Crippen molar-refractivity contribution in [3.05, 3.63) is 72.0 Å². The summed E-state index contributed by atoms with van der Waals surface area (Å²) in [6, 6.07) is 11.4. The van der Waals surface area contributed by atoms with Gasteiger partial charge in [-0.15, -0.1) is 5.10 Å². The van der Waals surface area contributed by atoms with Gasteiger partial charge >= 0.3 is 0 Å². The van der Waals surface area contributed by atoms with Gasteiger partial charge in [-0.2, -0.15) is 0 Å². The molecule has 0 radical (unpaired) electrons. The molecule has 6 rings (SSSR count). The summed E-state index contributed by atoms with van der Waals surface area (Å²) in [5.74, 6) is 1.09. The van der Waals surface area contributed by atoms with Crippen LogP contribution in [0.4, 0.5) is 0 Å². The smallest absolute Gasteiger partial charge is 0.253 e. The molecule has 2 N–H and O–H groups in total. The molecule has 2 fully saturated rings. The molecule has 1 saturated heterocycles. The topological polar surface area (TPSA) is 122 Å². The Bertz CT molecular complexity index is 1280. The molecular weight excluding hydrogens is 446 g/mol. The van der Waals surface area contributed by atoms with Gasteiger partial charge in [0.2, 0.25) is 0 Å². The quantitative estimate of drug-likeness (QED) is 0.392. The molecule has 1 aliphatic carbocycles. The van der Waals surface area contributed by atoms with E-state index in [2.05, 4.69) is 25.8 Å². The van der Waals surface area contributed by atoms with E-state index in [9.17, 15) is 9.90 Å². The highest BCUT2D eigenvalue weighted by Crippen LogP contribution is 2.59. The summed E-state index contributed by atoms with van der Waals surface area (Å²) in [4.78, 5) is 19.0. The molecule has 4 aromatic rings. The number of furan rings is 1. The lowest BCUT2D eigenvalue weighted by atomic mass is 9.90. The van der Waals surface area contributed by atoms with E-state index in [1.807, 2.05) is 41.3 Å². The molecule has 180 valence electrons. The molecule has 1 aliphatic heterocycles. The molecule has 0 bridgehead atoms. The Morgan fingerprint density at radius 1 is 1.23 bits per heavy atom. The average molecular weight is 474 g/mol. The van der Waals surface area contributed by atoms with E-state index in [1.54, 1.807) is 23.4 Å². The molecular formula is C25H27N7O3. The van der Waals surface area contributed by atoms with Crippen molar-refractivity contribution in [2.75, 3.05) is 19.6 Å². The zero-order chi connectivity index (χ0) is 23.8. The van der Waals surface area contributed by atoms with Gasteiger partial charge in [0.1, 0.15) is 12.1 Å². The summed E-state index contributed by atoms with van der Waals surface area (Å²) in [7, 11) is 0. The number of aliphatic hydroxyl groups is 1. The normalized spacial score (nSPS) is 19.8. The highest BCUT2D eigenvalue weighted by molar-refractivity contribution is 5.94. The van der Waals surface area contributed by atoms with Crippen LogP contribution >= 0.6 is 0 Å². The molecule has 10 heteroatoms. The first-order valence-electron chi connectivity index (χ1n) is 11.9. The fourth-order valence-electron chi connectivity index (χ4n) is 5.26. The standard InChI is InChI=1S/C25H27N7O3/c33-23(21-11-19-5-8-26-14-22(19)35-21)27-13-20-12-25(20)6-9-31(10-7-25)24(34)18-3-1-17(2-4-18)15-32-16-28-29-30-32/h1-5,8,11,14,16,20,23,27,33H,6-7,9-10,12-13,15H2. The molecule has 1 amide bonds. The van der Waals surface area contributed by atoms with Gasteiger partial charge in [0, 0.05) is 36.8 Å². The number of piperidine rings is 1. The van der Waals surface area contributed by atoms with Gasteiger partial charge in [-0.25, -0.2) is 4.68 Å². The number of hydrogen-bond acceptors (Lipinski definition) is 8. The zero-order valence-electron chi connectivity index (χ0n) is 19.2. The predicted octanol–water partition coefficient (Wildman–Crippen LogP) is 2.39. The first-order chi connectivity index (χ1) is 17.1. The number of fused-ring (bicyclic) bond motifs is 1. The number of nitrogens with one attached hydrogen (secondary N) is 1. The molecule has 10 nitrogen and oxygen atoms in total. The van der Waals surface area contributed by atoms with E-state index in [0.29, 0.717) is 29.4 Å².